The number of hydrogen-bond acceptors (Lipinski definition) is 3. The van der Waals surface area contributed by atoms with Crippen LogP contribution in [0.4, 0.5) is 4.79 Å². The molecular weight excluding hydrogens is 232 g/mol. The van der Waals surface area contributed by atoms with Crippen molar-refractivity contribution in [2.24, 2.45) is 10.7 Å². The van der Waals surface area contributed by atoms with Crippen molar-refractivity contribution in [3.63, 3.8) is 0 Å². The number of hydrogen-bond donors (Lipinski definition) is 2. The van der Waals surface area contributed by atoms with E-state index in [1.807, 2.05) is 0 Å². The summed E-state index contributed by atoms with van der Waals surface area (Å²) in [5.41, 5.74) is 5.86. The zero-order valence-corrected chi connectivity index (χ0v) is 10.5. The lowest BCUT2D eigenvalue weighted by Crippen LogP contribution is -2.48. The van der Waals surface area contributed by atoms with Crippen LogP contribution < -0.4 is 11.1 Å². The molecule has 0 aromatic carbocycles. The fourth-order valence-electron chi connectivity index (χ4n) is 2.20. The number of rotatable bonds is 5. The van der Waals surface area contributed by atoms with Gasteiger partial charge in [-0.15, -0.1) is 0 Å². The van der Waals surface area contributed by atoms with Gasteiger partial charge in [0.25, 0.3) is 5.91 Å². The van der Waals surface area contributed by atoms with Gasteiger partial charge in [0.05, 0.1) is 0 Å². The maximum atomic E-state index is 11.7. The number of fused-ring (bicyclic) bond motifs is 1. The topological polar surface area (TPSA) is 87.8 Å². The van der Waals surface area contributed by atoms with Gasteiger partial charge in [-0.2, -0.15) is 4.99 Å². The third-order valence-corrected chi connectivity index (χ3v) is 3.16. The number of nitrogens with two attached hydrogens (primary N) is 1. The van der Waals surface area contributed by atoms with Gasteiger partial charge in [0, 0.05) is 6.54 Å². The maximum absolute atomic E-state index is 11.7. The molecule has 0 saturated carbocycles. The summed E-state index contributed by atoms with van der Waals surface area (Å²) in [7, 11) is 0. The molecule has 2 heterocycles. The molecular formula is C12H18N4O2. The normalized spacial score (nSPS) is 22.5. The summed E-state index contributed by atoms with van der Waals surface area (Å²) in [6, 6.07) is -0.722. The SMILES string of the molecule is CCCCCCN1C(=O)N=C2C(=O)NC(N)=CC21. The first-order chi connectivity index (χ1) is 8.63. The second kappa shape index (κ2) is 5.20. The van der Waals surface area contributed by atoms with E-state index in [0.29, 0.717) is 6.54 Å². The first-order valence-electron chi connectivity index (χ1n) is 6.31. The van der Waals surface area contributed by atoms with E-state index in [4.69, 9.17) is 5.73 Å². The Balaban J connectivity index is 2.02. The molecule has 18 heavy (non-hydrogen) atoms. The molecule has 1 unspecified atom stereocenters. The van der Waals surface area contributed by atoms with Gasteiger partial charge in [-0.25, -0.2) is 4.79 Å². The lowest BCUT2D eigenvalue weighted by Gasteiger charge is -2.25. The van der Waals surface area contributed by atoms with Crippen molar-refractivity contribution in [3.05, 3.63) is 11.9 Å². The van der Waals surface area contributed by atoms with Crippen LogP contribution >= 0.6 is 0 Å². The van der Waals surface area contributed by atoms with E-state index >= 15 is 0 Å². The molecule has 0 spiro atoms. The van der Waals surface area contributed by atoms with Gasteiger partial charge in [0.15, 0.2) is 0 Å². The zero-order chi connectivity index (χ0) is 13.1. The summed E-state index contributed by atoms with van der Waals surface area (Å²) in [5, 5.41) is 2.46. The third-order valence-electron chi connectivity index (χ3n) is 3.16. The van der Waals surface area contributed by atoms with Crippen LogP contribution in [0.3, 0.4) is 0 Å². The predicted octanol–water partition coefficient (Wildman–Crippen LogP) is 0.742. The molecule has 1 atom stereocenters. The van der Waals surface area contributed by atoms with Gasteiger partial charge in [-0.1, -0.05) is 26.2 Å². The molecule has 98 valence electrons. The second-order valence-electron chi connectivity index (χ2n) is 4.55. The lowest BCUT2D eigenvalue weighted by atomic mass is 10.1. The van der Waals surface area contributed by atoms with Crippen LogP contribution in [0.2, 0.25) is 0 Å². The summed E-state index contributed by atoms with van der Waals surface area (Å²) >= 11 is 0. The minimum absolute atomic E-state index is 0.254. The molecule has 0 aliphatic carbocycles. The number of aliphatic imine (C=N–C) groups is 1. The van der Waals surface area contributed by atoms with Crippen LogP contribution in [0.5, 0.6) is 0 Å². The highest BCUT2D eigenvalue weighted by molar-refractivity contribution is 6.45. The predicted molar refractivity (Wildman–Crippen MR) is 67.9 cm³/mol. The largest absolute Gasteiger partial charge is 0.385 e. The van der Waals surface area contributed by atoms with E-state index in [1.54, 1.807) is 11.0 Å². The summed E-state index contributed by atoms with van der Waals surface area (Å²) in [6.07, 6.45) is 5.97. The molecule has 0 fully saturated rings. The Kier molecular flexibility index (Phi) is 3.64. The van der Waals surface area contributed by atoms with E-state index in [-0.39, 0.29) is 29.5 Å². The number of unbranched alkanes of at least 4 members (excludes halogenated alkanes) is 3. The Labute approximate surface area is 106 Å². The van der Waals surface area contributed by atoms with Crippen molar-refractivity contribution in [3.8, 4) is 0 Å². The van der Waals surface area contributed by atoms with E-state index in [2.05, 4.69) is 17.2 Å². The molecule has 0 radical (unpaired) electrons. The van der Waals surface area contributed by atoms with Gasteiger partial charge in [-0.05, 0) is 12.5 Å². The van der Waals surface area contributed by atoms with Crippen LogP contribution in [0.1, 0.15) is 32.6 Å². The van der Waals surface area contributed by atoms with Crippen molar-refractivity contribution in [2.45, 2.75) is 38.6 Å². The van der Waals surface area contributed by atoms with Crippen LogP contribution in [0, 0.1) is 0 Å². The van der Waals surface area contributed by atoms with Gasteiger partial charge >= 0.3 is 6.03 Å². The van der Waals surface area contributed by atoms with Crippen LogP contribution in [0.25, 0.3) is 0 Å². The molecule has 2 aliphatic rings. The van der Waals surface area contributed by atoms with Crippen LogP contribution in [0.15, 0.2) is 16.9 Å². The molecule has 6 nitrogen and oxygen atoms in total. The molecule has 3 amide bonds. The summed E-state index contributed by atoms with van der Waals surface area (Å²) in [4.78, 5) is 28.8. The highest BCUT2D eigenvalue weighted by Gasteiger charge is 2.39. The molecule has 0 aromatic heterocycles. The standard InChI is InChI=1S/C12H18N4O2/c1-2-3-4-5-6-16-8-7-9(13)14-11(17)10(8)15-12(16)18/h7-8H,2-6,13H2,1H3,(H,14,17). The molecule has 0 saturated heterocycles. The first-order valence-corrected chi connectivity index (χ1v) is 6.31. The van der Waals surface area contributed by atoms with Crippen molar-refractivity contribution in [1.29, 1.82) is 0 Å². The molecule has 0 bridgehead atoms. The maximum Gasteiger partial charge on any atom is 0.344 e. The summed E-state index contributed by atoms with van der Waals surface area (Å²) < 4.78 is 0. The van der Waals surface area contributed by atoms with Gasteiger partial charge in [-0.3, -0.25) is 4.79 Å². The first kappa shape index (κ1) is 12.6. The van der Waals surface area contributed by atoms with E-state index in [0.717, 1.165) is 25.7 Å². The van der Waals surface area contributed by atoms with Crippen molar-refractivity contribution in [2.75, 3.05) is 6.54 Å². The number of carbonyl (C=O) groups is 2. The summed E-state index contributed by atoms with van der Waals surface area (Å²) in [6.45, 7) is 2.75. The molecule has 2 aliphatic heterocycles. The van der Waals surface area contributed by atoms with Crippen molar-refractivity contribution < 1.29 is 9.59 Å². The highest BCUT2D eigenvalue weighted by atomic mass is 16.2. The Morgan fingerprint density at radius 2 is 2.17 bits per heavy atom. The minimum atomic E-state index is -0.382. The number of urea groups is 1. The van der Waals surface area contributed by atoms with Gasteiger partial charge < -0.3 is 16.0 Å². The number of amides is 3. The molecule has 0 aromatic rings. The Hall–Kier alpha value is -1.85. The molecule has 3 N–H and O–H groups in total. The third kappa shape index (κ3) is 2.37. The lowest BCUT2D eigenvalue weighted by molar-refractivity contribution is -0.114. The quantitative estimate of drug-likeness (QED) is 0.705. The molecule has 6 heteroatoms. The average Bonchev–Trinajstić information content (AvgIpc) is 2.62. The van der Waals surface area contributed by atoms with E-state index < -0.39 is 0 Å². The fourth-order valence-corrected chi connectivity index (χ4v) is 2.20. The average molecular weight is 250 g/mol. The van der Waals surface area contributed by atoms with Gasteiger partial charge in [0.2, 0.25) is 0 Å². The highest BCUT2D eigenvalue weighted by Crippen LogP contribution is 2.19. The van der Waals surface area contributed by atoms with Gasteiger partial charge in [0.1, 0.15) is 17.6 Å². The van der Waals surface area contributed by atoms with Crippen LogP contribution in [-0.4, -0.2) is 35.1 Å². The van der Waals surface area contributed by atoms with E-state index in [1.165, 1.54) is 0 Å². The van der Waals surface area contributed by atoms with Crippen molar-refractivity contribution >= 4 is 17.6 Å². The monoisotopic (exact) mass is 250 g/mol. The number of nitrogens with zero attached hydrogens (tertiary/aromatic N) is 2. The van der Waals surface area contributed by atoms with E-state index in [9.17, 15) is 9.59 Å². The number of carbonyl (C=O) groups excluding carboxylic acids is 2. The second-order valence-corrected chi connectivity index (χ2v) is 4.55. The zero-order valence-electron chi connectivity index (χ0n) is 10.5. The smallest absolute Gasteiger partial charge is 0.344 e. The fraction of sp³-hybridized carbons (Fsp3) is 0.583. The molecule has 2 rings (SSSR count). The Morgan fingerprint density at radius 1 is 1.39 bits per heavy atom. The Bertz CT molecular complexity index is 428. The number of nitrogens with one attached hydrogen (secondary N) is 1. The van der Waals surface area contributed by atoms with Crippen molar-refractivity contribution in [1.82, 2.24) is 10.2 Å². The Morgan fingerprint density at radius 3 is 2.89 bits per heavy atom. The van der Waals surface area contributed by atoms with Crippen LogP contribution in [-0.2, 0) is 4.79 Å². The minimum Gasteiger partial charge on any atom is -0.385 e. The summed E-state index contributed by atoms with van der Waals surface area (Å²) in [5.74, 6) is -0.0818.